The average molecular weight is 483 g/mol. The number of nitriles is 1. The minimum Gasteiger partial charge on any atom is -0.493 e. The van der Waals surface area contributed by atoms with E-state index in [4.69, 9.17) is 21.1 Å². The summed E-state index contributed by atoms with van der Waals surface area (Å²) in [6, 6.07) is 10.6. The minimum atomic E-state index is -0.511. The van der Waals surface area contributed by atoms with E-state index >= 15 is 0 Å². The molecule has 0 aliphatic heterocycles. The van der Waals surface area contributed by atoms with E-state index in [1.54, 1.807) is 37.4 Å². The molecule has 2 aromatic carbocycles. The number of ether oxygens (including phenoxy) is 2. The average Bonchev–Trinajstić information content (AvgIpc) is 2.62. The molecule has 7 heteroatoms. The van der Waals surface area contributed by atoms with Crippen LogP contribution in [0.15, 0.2) is 35.9 Å². The number of hydrogen-bond acceptors (Lipinski definition) is 4. The molecule has 0 spiro atoms. The number of nitrogens with zero attached hydrogens (tertiary/aromatic N) is 1. The predicted octanol–water partition coefficient (Wildman–Crippen LogP) is 4.82. The molecule has 26 heavy (non-hydrogen) atoms. The third kappa shape index (κ3) is 4.68. The highest BCUT2D eigenvalue weighted by Crippen LogP contribution is 2.34. The Morgan fingerprint density at radius 3 is 2.62 bits per heavy atom. The molecule has 0 heterocycles. The number of nitrogens with one attached hydrogen (secondary N) is 1. The van der Waals surface area contributed by atoms with Gasteiger partial charge in [-0.15, -0.1) is 0 Å². The molecular weight excluding hydrogens is 467 g/mol. The summed E-state index contributed by atoms with van der Waals surface area (Å²) >= 11 is 8.07. The number of benzene rings is 2. The Bertz CT molecular complexity index is 920. The normalized spacial score (nSPS) is 10.8. The molecule has 0 bridgehead atoms. The van der Waals surface area contributed by atoms with E-state index in [9.17, 15) is 10.1 Å². The Kier molecular flexibility index (Phi) is 6.89. The van der Waals surface area contributed by atoms with E-state index in [2.05, 4.69) is 27.9 Å². The van der Waals surface area contributed by atoms with Crippen molar-refractivity contribution in [1.29, 1.82) is 5.26 Å². The number of aryl methyl sites for hydroxylation is 1. The van der Waals surface area contributed by atoms with Crippen LogP contribution in [-0.2, 0) is 4.79 Å². The van der Waals surface area contributed by atoms with Crippen molar-refractivity contribution in [2.75, 3.05) is 19.5 Å². The summed E-state index contributed by atoms with van der Waals surface area (Å²) in [6.07, 6.45) is 1.50. The summed E-state index contributed by atoms with van der Waals surface area (Å²) in [5, 5.41) is 12.6. The molecule has 0 aromatic heterocycles. The smallest absolute Gasteiger partial charge is 0.266 e. The lowest BCUT2D eigenvalue weighted by Gasteiger charge is -2.11. The number of carbonyl (C=O) groups excluding carboxylic acids is 1. The maximum absolute atomic E-state index is 12.5. The zero-order valence-electron chi connectivity index (χ0n) is 14.4. The second-order valence-corrected chi connectivity index (χ2v) is 6.92. The molecule has 0 aliphatic rings. The SMILES string of the molecule is COc1cc(/C=C(\C#N)C(=O)Nc2cc(Cl)ccc2C)cc(I)c1OC. The lowest BCUT2D eigenvalue weighted by Crippen LogP contribution is -2.14. The minimum absolute atomic E-state index is 0.0348. The van der Waals surface area contributed by atoms with Gasteiger partial charge < -0.3 is 14.8 Å². The lowest BCUT2D eigenvalue weighted by molar-refractivity contribution is -0.112. The van der Waals surface area contributed by atoms with E-state index in [0.29, 0.717) is 27.8 Å². The monoisotopic (exact) mass is 482 g/mol. The molecule has 2 rings (SSSR count). The molecule has 0 aliphatic carbocycles. The Balaban J connectivity index is 2.36. The highest BCUT2D eigenvalue weighted by molar-refractivity contribution is 14.1. The van der Waals surface area contributed by atoms with Crippen molar-refractivity contribution in [3.05, 3.63) is 55.6 Å². The number of hydrogen-bond donors (Lipinski definition) is 1. The van der Waals surface area contributed by atoms with Crippen molar-refractivity contribution in [3.63, 3.8) is 0 Å². The van der Waals surface area contributed by atoms with Crippen LogP contribution in [-0.4, -0.2) is 20.1 Å². The summed E-state index contributed by atoms with van der Waals surface area (Å²) in [7, 11) is 3.08. The summed E-state index contributed by atoms with van der Waals surface area (Å²) < 4.78 is 11.4. The molecule has 0 atom stereocenters. The predicted molar refractivity (Wildman–Crippen MR) is 111 cm³/mol. The van der Waals surface area contributed by atoms with Crippen LogP contribution < -0.4 is 14.8 Å². The molecule has 1 amide bonds. The summed E-state index contributed by atoms with van der Waals surface area (Å²) in [5.41, 5.74) is 2.03. The van der Waals surface area contributed by atoms with Crippen molar-refractivity contribution in [3.8, 4) is 17.6 Å². The highest BCUT2D eigenvalue weighted by Gasteiger charge is 2.14. The van der Waals surface area contributed by atoms with Crippen LogP contribution in [0.1, 0.15) is 11.1 Å². The van der Waals surface area contributed by atoms with Crippen molar-refractivity contribution < 1.29 is 14.3 Å². The molecule has 0 unspecified atom stereocenters. The van der Waals surface area contributed by atoms with Crippen molar-refractivity contribution in [1.82, 2.24) is 0 Å². The number of halogens is 2. The number of rotatable bonds is 5. The van der Waals surface area contributed by atoms with Gasteiger partial charge in [-0.2, -0.15) is 5.26 Å². The van der Waals surface area contributed by atoms with Crippen molar-refractivity contribution in [2.24, 2.45) is 0 Å². The third-order valence-corrected chi connectivity index (χ3v) is 4.62. The first-order valence-electron chi connectivity index (χ1n) is 7.50. The quantitative estimate of drug-likeness (QED) is 0.377. The number of anilines is 1. The fourth-order valence-electron chi connectivity index (χ4n) is 2.26. The van der Waals surface area contributed by atoms with Gasteiger partial charge in [0.25, 0.3) is 5.91 Å². The second-order valence-electron chi connectivity index (χ2n) is 5.32. The maximum Gasteiger partial charge on any atom is 0.266 e. The van der Waals surface area contributed by atoms with Gasteiger partial charge in [0.05, 0.1) is 17.8 Å². The Morgan fingerprint density at radius 1 is 1.27 bits per heavy atom. The van der Waals surface area contributed by atoms with Crippen LogP contribution in [0.3, 0.4) is 0 Å². The topological polar surface area (TPSA) is 71.3 Å². The fourth-order valence-corrected chi connectivity index (χ4v) is 3.27. The molecule has 0 fully saturated rings. The van der Waals surface area contributed by atoms with Gasteiger partial charge in [0.15, 0.2) is 11.5 Å². The zero-order valence-corrected chi connectivity index (χ0v) is 17.3. The van der Waals surface area contributed by atoms with E-state index in [1.165, 1.54) is 13.2 Å². The molecule has 134 valence electrons. The van der Waals surface area contributed by atoms with Gasteiger partial charge in [0.2, 0.25) is 0 Å². The van der Waals surface area contributed by atoms with Crippen LogP contribution >= 0.6 is 34.2 Å². The Labute approximate surface area is 170 Å². The van der Waals surface area contributed by atoms with Gasteiger partial charge >= 0.3 is 0 Å². The number of carbonyl (C=O) groups is 1. The van der Waals surface area contributed by atoms with Gasteiger partial charge in [-0.1, -0.05) is 17.7 Å². The van der Waals surface area contributed by atoms with Gasteiger partial charge in [-0.3, -0.25) is 4.79 Å². The first-order valence-corrected chi connectivity index (χ1v) is 8.96. The Hall–Kier alpha value is -2.24. The van der Waals surface area contributed by atoms with E-state index in [0.717, 1.165) is 9.13 Å². The second kappa shape index (κ2) is 8.92. The molecule has 0 saturated carbocycles. The zero-order chi connectivity index (χ0) is 19.3. The van der Waals surface area contributed by atoms with Crippen LogP contribution in [0.2, 0.25) is 5.02 Å². The molecule has 2 aromatic rings. The number of methoxy groups -OCH3 is 2. The Morgan fingerprint density at radius 2 is 2.00 bits per heavy atom. The van der Waals surface area contributed by atoms with Crippen molar-refractivity contribution in [2.45, 2.75) is 6.92 Å². The van der Waals surface area contributed by atoms with E-state index < -0.39 is 5.91 Å². The summed E-state index contributed by atoms with van der Waals surface area (Å²) in [5.74, 6) is 0.611. The summed E-state index contributed by atoms with van der Waals surface area (Å²) in [4.78, 5) is 12.5. The molecule has 5 nitrogen and oxygen atoms in total. The fraction of sp³-hybridized carbons (Fsp3) is 0.158. The summed E-state index contributed by atoms with van der Waals surface area (Å²) in [6.45, 7) is 1.85. The highest BCUT2D eigenvalue weighted by atomic mass is 127. The van der Waals surface area contributed by atoms with Gasteiger partial charge in [-0.05, 0) is 71.0 Å². The largest absolute Gasteiger partial charge is 0.493 e. The maximum atomic E-state index is 12.5. The van der Waals surface area contributed by atoms with Gasteiger partial charge in [0, 0.05) is 10.7 Å². The molecule has 0 saturated heterocycles. The van der Waals surface area contributed by atoms with Gasteiger partial charge in [-0.25, -0.2) is 0 Å². The first kappa shape index (κ1) is 20.1. The standard InChI is InChI=1S/C19H16ClIN2O3/c1-11-4-5-14(20)9-16(11)23-19(24)13(10-22)6-12-7-15(21)18(26-3)17(8-12)25-2/h4-9H,1-3H3,(H,23,24)/b13-6+. The molecular formula is C19H16ClIN2O3. The first-order chi connectivity index (χ1) is 12.4. The number of amides is 1. The van der Waals surface area contributed by atoms with Crippen LogP contribution in [0.4, 0.5) is 5.69 Å². The van der Waals surface area contributed by atoms with Crippen LogP contribution in [0, 0.1) is 21.8 Å². The van der Waals surface area contributed by atoms with Crippen LogP contribution in [0.25, 0.3) is 6.08 Å². The van der Waals surface area contributed by atoms with Crippen molar-refractivity contribution >= 4 is 51.9 Å². The van der Waals surface area contributed by atoms with E-state index in [-0.39, 0.29) is 5.57 Å². The lowest BCUT2D eigenvalue weighted by atomic mass is 10.1. The molecule has 1 N–H and O–H groups in total. The van der Waals surface area contributed by atoms with E-state index in [1.807, 2.05) is 13.0 Å². The van der Waals surface area contributed by atoms with Crippen LogP contribution in [0.5, 0.6) is 11.5 Å². The third-order valence-electron chi connectivity index (χ3n) is 3.58. The molecule has 0 radical (unpaired) electrons. The van der Waals surface area contributed by atoms with Gasteiger partial charge in [0.1, 0.15) is 11.6 Å².